The molecule has 0 radical (unpaired) electrons. The van der Waals surface area contributed by atoms with Crippen LogP contribution in [0.4, 0.5) is 4.79 Å². The van der Waals surface area contributed by atoms with Crippen molar-refractivity contribution in [3.05, 3.63) is 7.05 Å². The summed E-state index contributed by atoms with van der Waals surface area (Å²) in [7, 11) is 3.76. The number of carbonyl (C=O) groups is 1. The lowest BCUT2D eigenvalue weighted by molar-refractivity contribution is -0.636. The molecule has 4 nitrogen and oxygen atoms in total. The lowest BCUT2D eigenvalue weighted by Gasteiger charge is -2.30. The van der Waals surface area contributed by atoms with E-state index in [1.54, 1.807) is 4.90 Å². The fourth-order valence-electron chi connectivity index (χ4n) is 1.53. The maximum Gasteiger partial charge on any atom is 0.409 e. The molecular weight excluding hydrogens is 168 g/mol. The van der Waals surface area contributed by atoms with Crippen LogP contribution in [0.2, 0.25) is 0 Å². The Balaban J connectivity index is 2.28. The van der Waals surface area contributed by atoms with Gasteiger partial charge < -0.3 is 15.0 Å². The first-order valence-electron chi connectivity index (χ1n) is 4.82. The van der Waals surface area contributed by atoms with Crippen LogP contribution in [-0.4, -0.2) is 36.7 Å². The zero-order valence-electron chi connectivity index (χ0n) is 8.16. The summed E-state index contributed by atoms with van der Waals surface area (Å²) in [6, 6.07) is 0.575. The molecule has 1 aliphatic heterocycles. The number of likely N-dealkylation sites (tertiary alicyclic amines) is 1. The van der Waals surface area contributed by atoms with Crippen molar-refractivity contribution in [1.29, 1.82) is 0 Å². The predicted molar refractivity (Wildman–Crippen MR) is 48.9 cm³/mol. The van der Waals surface area contributed by atoms with E-state index in [-0.39, 0.29) is 6.09 Å². The van der Waals surface area contributed by atoms with Crippen LogP contribution in [-0.2, 0) is 4.74 Å². The van der Waals surface area contributed by atoms with Gasteiger partial charge in [0.2, 0.25) is 0 Å². The van der Waals surface area contributed by atoms with Crippen molar-refractivity contribution < 1.29 is 14.8 Å². The summed E-state index contributed by atoms with van der Waals surface area (Å²) < 4.78 is 4.91. The van der Waals surface area contributed by atoms with Gasteiger partial charge in [0.05, 0.1) is 12.6 Å². The van der Waals surface area contributed by atoms with Gasteiger partial charge >= 0.3 is 6.09 Å². The van der Waals surface area contributed by atoms with E-state index in [1.165, 1.54) is 0 Å². The molecule has 1 aliphatic rings. The van der Waals surface area contributed by atoms with Crippen molar-refractivity contribution in [2.45, 2.75) is 25.8 Å². The maximum absolute atomic E-state index is 11.3. The van der Waals surface area contributed by atoms with Crippen molar-refractivity contribution in [2.75, 3.05) is 19.7 Å². The number of amides is 1. The molecule has 0 atom stereocenters. The second kappa shape index (κ2) is 5.07. The van der Waals surface area contributed by atoms with E-state index < -0.39 is 0 Å². The van der Waals surface area contributed by atoms with Gasteiger partial charge in [0.25, 0.3) is 0 Å². The smallest absolute Gasteiger partial charge is 0.409 e. The van der Waals surface area contributed by atoms with Gasteiger partial charge in [-0.25, -0.2) is 4.79 Å². The highest BCUT2D eigenvalue weighted by Crippen LogP contribution is 2.08. The summed E-state index contributed by atoms with van der Waals surface area (Å²) in [5, 5.41) is 1.97. The molecule has 2 N–H and O–H groups in total. The zero-order valence-corrected chi connectivity index (χ0v) is 8.16. The molecule has 0 spiro atoms. The highest BCUT2D eigenvalue weighted by molar-refractivity contribution is 5.67. The normalized spacial score (nSPS) is 18.8. The Morgan fingerprint density at radius 3 is 2.69 bits per heavy atom. The zero-order chi connectivity index (χ0) is 9.68. The molecule has 1 rings (SSSR count). The molecule has 76 valence electrons. The number of carbonyl (C=O) groups excluding carboxylic acids is 1. The van der Waals surface area contributed by atoms with Gasteiger partial charge in [-0.1, -0.05) is 0 Å². The number of ether oxygens (including phenoxy) is 1. The number of nitrogens with two attached hydrogens (primary N) is 1. The van der Waals surface area contributed by atoms with Crippen LogP contribution in [0, 0.1) is 7.05 Å². The van der Waals surface area contributed by atoms with E-state index in [2.05, 4.69) is 7.05 Å². The summed E-state index contributed by atoms with van der Waals surface area (Å²) in [5.41, 5.74) is 0. The monoisotopic (exact) mass is 186 g/mol. The van der Waals surface area contributed by atoms with E-state index in [1.807, 2.05) is 12.2 Å². The first-order valence-corrected chi connectivity index (χ1v) is 4.82. The number of nitrogens with zero attached hydrogens (tertiary/aromatic N) is 1. The molecule has 0 aliphatic carbocycles. The van der Waals surface area contributed by atoms with Gasteiger partial charge in [-0.2, -0.15) is 7.05 Å². The Kier molecular flexibility index (Phi) is 4.02. The van der Waals surface area contributed by atoms with Crippen LogP contribution >= 0.6 is 0 Å². The Bertz CT molecular complexity index is 165. The van der Waals surface area contributed by atoms with Crippen molar-refractivity contribution in [3.63, 3.8) is 0 Å². The highest BCUT2D eigenvalue weighted by Gasteiger charge is 2.23. The van der Waals surface area contributed by atoms with E-state index in [0.29, 0.717) is 12.6 Å². The van der Waals surface area contributed by atoms with Crippen LogP contribution in [0.15, 0.2) is 0 Å². The molecule has 1 saturated heterocycles. The number of hydrogen-bond acceptors (Lipinski definition) is 2. The molecule has 0 aromatic rings. The van der Waals surface area contributed by atoms with E-state index in [4.69, 9.17) is 4.74 Å². The second-order valence-electron chi connectivity index (χ2n) is 3.26. The first kappa shape index (κ1) is 10.3. The average molecular weight is 186 g/mol. The standard InChI is InChI=1S/C9H18N2O2/c1-3-13-9(12)11-6-4-8(10-2)5-7-11/h8H,2-7,10H2,1H3. The summed E-state index contributed by atoms with van der Waals surface area (Å²) >= 11 is 0. The fourth-order valence-corrected chi connectivity index (χ4v) is 1.53. The lowest BCUT2D eigenvalue weighted by atomic mass is 10.1. The number of hydrogen-bond donors (Lipinski definition) is 1. The molecular formula is C9H18N2O2. The van der Waals surface area contributed by atoms with Crippen molar-refractivity contribution >= 4 is 6.09 Å². The first-order chi connectivity index (χ1) is 6.27. The minimum absolute atomic E-state index is 0.176. The van der Waals surface area contributed by atoms with Crippen LogP contribution in [0.25, 0.3) is 0 Å². The third-order valence-corrected chi connectivity index (χ3v) is 2.40. The van der Waals surface area contributed by atoms with Gasteiger partial charge in [0, 0.05) is 25.9 Å². The van der Waals surface area contributed by atoms with E-state index >= 15 is 0 Å². The maximum atomic E-state index is 11.3. The number of rotatable bonds is 2. The molecule has 0 aromatic carbocycles. The van der Waals surface area contributed by atoms with E-state index in [0.717, 1.165) is 25.9 Å². The summed E-state index contributed by atoms with van der Waals surface area (Å²) in [5.74, 6) is 0. The molecule has 4 heteroatoms. The van der Waals surface area contributed by atoms with Gasteiger partial charge in [0.1, 0.15) is 0 Å². The van der Waals surface area contributed by atoms with Crippen molar-refractivity contribution in [2.24, 2.45) is 0 Å². The van der Waals surface area contributed by atoms with Crippen LogP contribution in [0.5, 0.6) is 0 Å². The summed E-state index contributed by atoms with van der Waals surface area (Å²) in [4.78, 5) is 13.0. The predicted octanol–water partition coefficient (Wildman–Crippen LogP) is -0.0377. The highest BCUT2D eigenvalue weighted by atomic mass is 16.6. The van der Waals surface area contributed by atoms with E-state index in [9.17, 15) is 4.79 Å². The molecule has 1 fully saturated rings. The molecule has 1 heterocycles. The Labute approximate surface area is 79.2 Å². The Hall–Kier alpha value is -0.770. The minimum Gasteiger partial charge on any atom is -0.476 e. The summed E-state index contributed by atoms with van der Waals surface area (Å²) in [6.45, 7) is 3.89. The largest absolute Gasteiger partial charge is 0.476 e. The van der Waals surface area contributed by atoms with Gasteiger partial charge in [0.15, 0.2) is 0 Å². The molecule has 13 heavy (non-hydrogen) atoms. The lowest BCUT2D eigenvalue weighted by Crippen LogP contribution is -2.85. The molecule has 0 unspecified atom stereocenters. The minimum atomic E-state index is -0.176. The third kappa shape index (κ3) is 2.88. The second-order valence-corrected chi connectivity index (χ2v) is 3.26. The van der Waals surface area contributed by atoms with Crippen LogP contribution in [0.1, 0.15) is 19.8 Å². The summed E-state index contributed by atoms with van der Waals surface area (Å²) in [6.07, 6.45) is 1.86. The molecule has 0 bridgehead atoms. The SMILES string of the molecule is [CH2-][NH2+]C1CCN(C(=O)OCC)CC1. The Morgan fingerprint density at radius 2 is 2.23 bits per heavy atom. The average Bonchev–Trinajstić information content (AvgIpc) is 2.18. The fraction of sp³-hybridized carbons (Fsp3) is 0.778. The van der Waals surface area contributed by atoms with Gasteiger partial charge in [-0.05, 0) is 6.92 Å². The number of piperidine rings is 1. The van der Waals surface area contributed by atoms with Crippen molar-refractivity contribution in [3.8, 4) is 0 Å². The molecule has 0 saturated carbocycles. The van der Waals surface area contributed by atoms with Gasteiger partial charge in [-0.3, -0.25) is 0 Å². The Morgan fingerprint density at radius 1 is 1.62 bits per heavy atom. The molecule has 1 amide bonds. The van der Waals surface area contributed by atoms with Crippen LogP contribution in [0.3, 0.4) is 0 Å². The van der Waals surface area contributed by atoms with Crippen molar-refractivity contribution in [1.82, 2.24) is 4.90 Å². The topological polar surface area (TPSA) is 46.2 Å². The van der Waals surface area contributed by atoms with Gasteiger partial charge in [-0.15, -0.1) is 0 Å². The number of quaternary nitrogens is 1. The third-order valence-electron chi connectivity index (χ3n) is 2.40. The van der Waals surface area contributed by atoms with Crippen LogP contribution < -0.4 is 5.32 Å². The molecule has 0 aromatic heterocycles. The quantitative estimate of drug-likeness (QED) is 0.615.